The summed E-state index contributed by atoms with van der Waals surface area (Å²) in [6.07, 6.45) is 13.8. The second-order valence-corrected chi connectivity index (χ2v) is 8.88. The number of dihydropyridines is 1. The first-order valence-electron chi connectivity index (χ1n) is 10.9. The monoisotopic (exact) mass is 418 g/mol. The fraction of sp³-hybridized carbons (Fsp3) is 0.385. The Balaban J connectivity index is 1.60. The number of hydrogen-bond acceptors (Lipinski definition) is 4. The van der Waals surface area contributed by atoms with E-state index < -0.39 is 0 Å². The van der Waals surface area contributed by atoms with Gasteiger partial charge in [0.1, 0.15) is 0 Å². The summed E-state index contributed by atoms with van der Waals surface area (Å²) in [5, 5.41) is 9.63. The van der Waals surface area contributed by atoms with Gasteiger partial charge in [0.25, 0.3) is 0 Å². The Labute approximate surface area is 186 Å². The van der Waals surface area contributed by atoms with Gasteiger partial charge in [0, 0.05) is 43.0 Å². The third kappa shape index (κ3) is 6.20. The molecule has 1 heterocycles. The average molecular weight is 419 g/mol. The van der Waals surface area contributed by atoms with Gasteiger partial charge in [-0.25, -0.2) is 0 Å². The van der Waals surface area contributed by atoms with Crippen molar-refractivity contribution in [1.82, 2.24) is 10.6 Å². The van der Waals surface area contributed by atoms with Crippen molar-refractivity contribution in [3.8, 4) is 0 Å². The van der Waals surface area contributed by atoms with E-state index in [-0.39, 0.29) is 23.3 Å². The second-order valence-electron chi connectivity index (χ2n) is 8.88. The Bertz CT molecular complexity index is 969. The van der Waals surface area contributed by atoms with E-state index in [0.29, 0.717) is 6.42 Å². The molecule has 2 aliphatic rings. The molecule has 164 valence electrons. The van der Waals surface area contributed by atoms with Crippen molar-refractivity contribution in [1.29, 1.82) is 0 Å². The van der Waals surface area contributed by atoms with E-state index >= 15 is 0 Å². The molecule has 1 aliphatic heterocycles. The number of carbonyl (C=O) groups excluding carboxylic acids is 1. The number of benzene rings is 1. The Morgan fingerprint density at radius 2 is 2.19 bits per heavy atom. The Hall–Kier alpha value is -3.08. The molecule has 0 saturated heterocycles. The van der Waals surface area contributed by atoms with Crippen molar-refractivity contribution in [2.45, 2.75) is 46.6 Å². The van der Waals surface area contributed by atoms with Gasteiger partial charge >= 0.3 is 0 Å². The Morgan fingerprint density at radius 1 is 1.39 bits per heavy atom. The van der Waals surface area contributed by atoms with Crippen LogP contribution in [0.1, 0.15) is 52.1 Å². The van der Waals surface area contributed by atoms with E-state index in [1.165, 1.54) is 5.57 Å². The Morgan fingerprint density at radius 3 is 2.87 bits per heavy atom. The maximum Gasteiger partial charge on any atom is 0.225 e. The van der Waals surface area contributed by atoms with Crippen molar-refractivity contribution in [2.24, 2.45) is 16.3 Å². The van der Waals surface area contributed by atoms with Crippen LogP contribution in [-0.4, -0.2) is 19.2 Å². The molecule has 1 aromatic rings. The number of rotatable bonds is 7. The first-order chi connectivity index (χ1) is 14.8. The summed E-state index contributed by atoms with van der Waals surface area (Å²) in [6.45, 7) is 8.46. The summed E-state index contributed by atoms with van der Waals surface area (Å²) in [4.78, 5) is 17.2. The highest BCUT2D eigenvalue weighted by atomic mass is 16.1. The summed E-state index contributed by atoms with van der Waals surface area (Å²) in [5.74, 6) is 0.282. The lowest BCUT2D eigenvalue weighted by Gasteiger charge is -2.27. The molecule has 31 heavy (non-hydrogen) atoms. The lowest BCUT2D eigenvalue weighted by molar-refractivity contribution is -0.117. The molecule has 1 aliphatic carbocycles. The van der Waals surface area contributed by atoms with Crippen LogP contribution >= 0.6 is 0 Å². The molecule has 3 N–H and O–H groups in total. The quantitative estimate of drug-likeness (QED) is 0.567. The smallest absolute Gasteiger partial charge is 0.225 e. The van der Waals surface area contributed by atoms with E-state index in [2.05, 4.69) is 79.0 Å². The predicted octanol–water partition coefficient (Wildman–Crippen LogP) is 5.24. The second kappa shape index (κ2) is 9.82. The van der Waals surface area contributed by atoms with Crippen LogP contribution in [0.3, 0.4) is 0 Å². The SMILES string of the molecule is CN/C=C1/N=CC(N[C@@H](C)c2cccc(NC(=O)CC3(C)C=CC(C)=CC3)c2)=CC1C. The first-order valence-corrected chi connectivity index (χ1v) is 10.9. The maximum atomic E-state index is 12.7. The average Bonchev–Trinajstić information content (AvgIpc) is 2.72. The van der Waals surface area contributed by atoms with Crippen LogP contribution < -0.4 is 16.0 Å². The fourth-order valence-corrected chi connectivity index (χ4v) is 3.85. The van der Waals surface area contributed by atoms with Gasteiger partial charge in [0.15, 0.2) is 0 Å². The summed E-state index contributed by atoms with van der Waals surface area (Å²) in [5.41, 5.74) is 5.08. The summed E-state index contributed by atoms with van der Waals surface area (Å²) in [6, 6.07) is 8.12. The van der Waals surface area contributed by atoms with E-state index in [1.54, 1.807) is 0 Å². The molecule has 0 aromatic heterocycles. The molecule has 1 aromatic carbocycles. The van der Waals surface area contributed by atoms with Crippen LogP contribution in [0, 0.1) is 11.3 Å². The minimum atomic E-state index is -0.125. The minimum absolute atomic E-state index is 0.0395. The predicted molar refractivity (Wildman–Crippen MR) is 130 cm³/mol. The van der Waals surface area contributed by atoms with Gasteiger partial charge < -0.3 is 16.0 Å². The first kappa shape index (κ1) is 22.6. The number of carbonyl (C=O) groups is 1. The van der Waals surface area contributed by atoms with Crippen LogP contribution in [-0.2, 0) is 4.79 Å². The molecule has 3 atom stereocenters. The van der Waals surface area contributed by atoms with Crippen LogP contribution in [0.25, 0.3) is 0 Å². The van der Waals surface area contributed by atoms with E-state index in [9.17, 15) is 4.79 Å². The number of aliphatic imine (C=N–C) groups is 1. The van der Waals surface area contributed by atoms with Crippen LogP contribution in [0.4, 0.5) is 5.69 Å². The summed E-state index contributed by atoms with van der Waals surface area (Å²) >= 11 is 0. The van der Waals surface area contributed by atoms with Crippen molar-refractivity contribution in [2.75, 3.05) is 12.4 Å². The largest absolute Gasteiger partial charge is 0.392 e. The number of amides is 1. The van der Waals surface area contributed by atoms with Gasteiger partial charge in [0.2, 0.25) is 5.91 Å². The molecular formula is C26H34N4O. The molecular weight excluding hydrogens is 384 g/mol. The molecule has 0 saturated carbocycles. The molecule has 5 nitrogen and oxygen atoms in total. The van der Waals surface area contributed by atoms with Gasteiger partial charge in [-0.15, -0.1) is 0 Å². The zero-order chi connectivity index (χ0) is 22.4. The van der Waals surface area contributed by atoms with Gasteiger partial charge in [-0.2, -0.15) is 0 Å². The van der Waals surface area contributed by atoms with Crippen molar-refractivity contribution < 1.29 is 4.79 Å². The highest BCUT2D eigenvalue weighted by Crippen LogP contribution is 2.33. The van der Waals surface area contributed by atoms with E-state index in [0.717, 1.165) is 29.1 Å². The molecule has 1 amide bonds. The number of anilines is 1. The molecule has 0 spiro atoms. The molecule has 2 unspecified atom stereocenters. The third-order valence-electron chi connectivity index (χ3n) is 5.80. The van der Waals surface area contributed by atoms with Crippen molar-refractivity contribution in [3.05, 3.63) is 77.3 Å². The normalized spacial score (nSPS) is 24.9. The van der Waals surface area contributed by atoms with Crippen LogP contribution in [0.15, 0.2) is 76.7 Å². The van der Waals surface area contributed by atoms with Crippen molar-refractivity contribution in [3.63, 3.8) is 0 Å². The standard InChI is InChI=1S/C26H34N4O/c1-18-9-11-26(4,12-10-18)15-25(31)30-22-8-6-7-21(14-22)20(3)29-23-13-19(2)24(17-27-5)28-16-23/h6-11,13-14,16-17,19-20,27,29H,12,15H2,1-5H3,(H,30,31)/b24-17+/t19?,20-,26?/m0/s1. The van der Waals surface area contributed by atoms with E-state index in [4.69, 9.17) is 0 Å². The summed E-state index contributed by atoms with van der Waals surface area (Å²) < 4.78 is 0. The zero-order valence-electron chi connectivity index (χ0n) is 19.2. The summed E-state index contributed by atoms with van der Waals surface area (Å²) in [7, 11) is 1.88. The number of allylic oxidation sites excluding steroid dienone is 6. The molecule has 0 radical (unpaired) electrons. The number of nitrogens with zero attached hydrogens (tertiary/aromatic N) is 1. The molecule has 0 bridgehead atoms. The number of nitrogens with one attached hydrogen (secondary N) is 3. The zero-order valence-corrected chi connectivity index (χ0v) is 19.2. The molecule has 5 heteroatoms. The highest BCUT2D eigenvalue weighted by molar-refractivity contribution is 5.91. The third-order valence-corrected chi connectivity index (χ3v) is 5.80. The van der Waals surface area contributed by atoms with Gasteiger partial charge in [-0.05, 0) is 43.4 Å². The lowest BCUT2D eigenvalue weighted by atomic mass is 9.79. The van der Waals surface area contributed by atoms with Gasteiger partial charge in [0.05, 0.1) is 11.9 Å². The van der Waals surface area contributed by atoms with E-state index in [1.807, 2.05) is 37.7 Å². The molecule has 0 fully saturated rings. The highest BCUT2D eigenvalue weighted by Gasteiger charge is 2.25. The number of hydrogen-bond donors (Lipinski definition) is 3. The van der Waals surface area contributed by atoms with Gasteiger partial charge in [-0.3, -0.25) is 9.79 Å². The topological polar surface area (TPSA) is 65.5 Å². The maximum absolute atomic E-state index is 12.7. The van der Waals surface area contributed by atoms with Crippen molar-refractivity contribution >= 4 is 17.8 Å². The lowest BCUT2D eigenvalue weighted by Crippen LogP contribution is -2.24. The van der Waals surface area contributed by atoms with Crippen LogP contribution in [0.5, 0.6) is 0 Å². The van der Waals surface area contributed by atoms with Crippen LogP contribution in [0.2, 0.25) is 0 Å². The minimum Gasteiger partial charge on any atom is -0.392 e. The Kier molecular flexibility index (Phi) is 7.16. The fourth-order valence-electron chi connectivity index (χ4n) is 3.85. The van der Waals surface area contributed by atoms with Gasteiger partial charge in [-0.1, -0.05) is 55.9 Å². The molecule has 3 rings (SSSR count).